The monoisotopic (exact) mass is 411 g/mol. The number of piperidine rings is 1. The lowest BCUT2D eigenvalue weighted by atomic mass is 9.80. The fraction of sp³-hybridized carbons (Fsp3) is 0.696. The van der Waals surface area contributed by atoms with E-state index in [1.54, 1.807) is 0 Å². The molecule has 7 heteroatoms. The van der Waals surface area contributed by atoms with Crippen LogP contribution < -0.4 is 5.56 Å². The van der Waals surface area contributed by atoms with Crippen LogP contribution in [0.2, 0.25) is 0 Å². The fourth-order valence-electron chi connectivity index (χ4n) is 5.46. The van der Waals surface area contributed by atoms with Crippen LogP contribution in [-0.2, 0) is 26.1 Å². The Bertz CT molecular complexity index is 947. The molecular weight excluding hydrogens is 378 g/mol. The number of rotatable bonds is 7. The van der Waals surface area contributed by atoms with Gasteiger partial charge in [-0.25, -0.2) is 0 Å². The number of fused-ring (bicyclic) bond motifs is 4. The lowest BCUT2D eigenvalue weighted by molar-refractivity contribution is 0.0475. The van der Waals surface area contributed by atoms with Gasteiger partial charge < -0.3 is 9.09 Å². The molecule has 2 aliphatic heterocycles. The van der Waals surface area contributed by atoms with Gasteiger partial charge in [0.15, 0.2) is 5.82 Å². The second-order valence-electron chi connectivity index (χ2n) is 9.56. The molecule has 2 fully saturated rings. The highest BCUT2D eigenvalue weighted by Gasteiger charge is 2.38. The van der Waals surface area contributed by atoms with Crippen LogP contribution in [0.4, 0.5) is 0 Å². The van der Waals surface area contributed by atoms with Crippen molar-refractivity contribution in [1.82, 2.24) is 24.5 Å². The summed E-state index contributed by atoms with van der Waals surface area (Å²) >= 11 is 0. The molecule has 0 radical (unpaired) electrons. The fourth-order valence-corrected chi connectivity index (χ4v) is 5.46. The molecule has 7 nitrogen and oxygen atoms in total. The van der Waals surface area contributed by atoms with Crippen LogP contribution in [0.5, 0.6) is 0 Å². The predicted octanol–water partition coefficient (Wildman–Crippen LogP) is 2.79. The average Bonchev–Trinajstić information content (AvgIpc) is 3.10. The molecule has 3 aliphatic rings. The highest BCUT2D eigenvalue weighted by atomic mass is 16.5. The molecule has 1 saturated heterocycles. The van der Waals surface area contributed by atoms with Crippen LogP contribution in [0.15, 0.2) is 21.5 Å². The average molecular weight is 412 g/mol. The SMILES string of the molecule is CCCc1nc(CN(C)Cc2ccc3n(c2=O)C[C@H]2C[C@@H]3CN(C3CCC3)C2)no1. The Morgan fingerprint density at radius 2 is 2.07 bits per heavy atom. The van der Waals surface area contributed by atoms with Crippen molar-refractivity contribution in [1.29, 1.82) is 0 Å². The van der Waals surface area contributed by atoms with Gasteiger partial charge in [-0.15, -0.1) is 0 Å². The molecule has 0 unspecified atom stereocenters. The number of hydrogen-bond donors (Lipinski definition) is 0. The summed E-state index contributed by atoms with van der Waals surface area (Å²) in [6.45, 7) is 6.43. The number of nitrogens with zero attached hydrogens (tertiary/aromatic N) is 5. The smallest absolute Gasteiger partial charge is 0.255 e. The second kappa shape index (κ2) is 8.27. The minimum absolute atomic E-state index is 0.186. The molecule has 5 rings (SSSR count). The van der Waals surface area contributed by atoms with Gasteiger partial charge in [0.05, 0.1) is 6.54 Å². The van der Waals surface area contributed by atoms with Crippen molar-refractivity contribution in [3.8, 4) is 0 Å². The number of aryl methyl sites for hydroxylation is 1. The van der Waals surface area contributed by atoms with Gasteiger partial charge in [-0.2, -0.15) is 4.98 Å². The van der Waals surface area contributed by atoms with Crippen LogP contribution in [0.1, 0.15) is 67.9 Å². The normalized spacial score (nSPS) is 24.1. The summed E-state index contributed by atoms with van der Waals surface area (Å²) in [6, 6.07) is 5.06. The summed E-state index contributed by atoms with van der Waals surface area (Å²) in [5, 5.41) is 4.06. The molecule has 2 aromatic heterocycles. The Hall–Kier alpha value is -1.99. The molecule has 30 heavy (non-hydrogen) atoms. The first kappa shape index (κ1) is 19.9. The van der Waals surface area contributed by atoms with Gasteiger partial charge in [-0.05, 0) is 44.7 Å². The van der Waals surface area contributed by atoms with Crippen LogP contribution in [0, 0.1) is 5.92 Å². The highest BCUT2D eigenvalue weighted by molar-refractivity contribution is 5.22. The van der Waals surface area contributed by atoms with E-state index in [9.17, 15) is 4.79 Å². The second-order valence-corrected chi connectivity index (χ2v) is 9.56. The zero-order valence-electron chi connectivity index (χ0n) is 18.2. The first-order valence-corrected chi connectivity index (χ1v) is 11.6. The van der Waals surface area contributed by atoms with E-state index in [4.69, 9.17) is 4.52 Å². The van der Waals surface area contributed by atoms with Crippen LogP contribution in [0.3, 0.4) is 0 Å². The Labute approximate surface area is 178 Å². The van der Waals surface area contributed by atoms with Gasteiger partial charge in [-0.1, -0.05) is 24.6 Å². The van der Waals surface area contributed by atoms with E-state index in [-0.39, 0.29) is 5.56 Å². The van der Waals surface area contributed by atoms with Crippen molar-refractivity contribution >= 4 is 0 Å². The molecule has 4 heterocycles. The molecule has 2 bridgehead atoms. The van der Waals surface area contributed by atoms with E-state index in [0.29, 0.717) is 36.6 Å². The van der Waals surface area contributed by atoms with E-state index in [0.717, 1.165) is 44.1 Å². The molecule has 0 amide bonds. The maximum absolute atomic E-state index is 13.3. The number of likely N-dealkylation sites (tertiary alicyclic amines) is 1. The van der Waals surface area contributed by atoms with Crippen molar-refractivity contribution in [3.63, 3.8) is 0 Å². The summed E-state index contributed by atoms with van der Waals surface area (Å²) in [7, 11) is 2.00. The third kappa shape index (κ3) is 3.85. The summed E-state index contributed by atoms with van der Waals surface area (Å²) in [4.78, 5) is 22.5. The molecule has 2 aromatic rings. The van der Waals surface area contributed by atoms with Crippen LogP contribution in [-0.4, -0.2) is 50.7 Å². The summed E-state index contributed by atoms with van der Waals surface area (Å²) in [5.74, 6) is 2.50. The summed E-state index contributed by atoms with van der Waals surface area (Å²) < 4.78 is 7.35. The molecule has 162 valence electrons. The van der Waals surface area contributed by atoms with Crippen molar-refractivity contribution in [2.24, 2.45) is 5.92 Å². The Kier molecular flexibility index (Phi) is 5.50. The molecular formula is C23H33N5O2. The predicted molar refractivity (Wildman–Crippen MR) is 114 cm³/mol. The molecule has 1 aliphatic carbocycles. The van der Waals surface area contributed by atoms with E-state index >= 15 is 0 Å². The number of aromatic nitrogens is 3. The van der Waals surface area contributed by atoms with Crippen molar-refractivity contribution in [2.75, 3.05) is 20.1 Å². The van der Waals surface area contributed by atoms with Crippen LogP contribution >= 0.6 is 0 Å². The Morgan fingerprint density at radius 3 is 2.83 bits per heavy atom. The van der Waals surface area contributed by atoms with Gasteiger partial charge in [0, 0.05) is 55.8 Å². The van der Waals surface area contributed by atoms with Gasteiger partial charge in [0.25, 0.3) is 5.56 Å². The van der Waals surface area contributed by atoms with E-state index in [1.165, 1.54) is 31.4 Å². The third-order valence-corrected chi connectivity index (χ3v) is 7.13. The lowest BCUT2D eigenvalue weighted by Crippen LogP contribution is -2.52. The van der Waals surface area contributed by atoms with E-state index < -0.39 is 0 Å². The maximum atomic E-state index is 13.3. The van der Waals surface area contributed by atoms with E-state index in [2.05, 4.69) is 37.5 Å². The van der Waals surface area contributed by atoms with E-state index in [1.807, 2.05) is 13.1 Å². The Morgan fingerprint density at radius 1 is 1.20 bits per heavy atom. The minimum Gasteiger partial charge on any atom is -0.339 e. The van der Waals surface area contributed by atoms with Crippen molar-refractivity contribution in [3.05, 3.63) is 45.5 Å². The van der Waals surface area contributed by atoms with Gasteiger partial charge in [0.2, 0.25) is 5.89 Å². The lowest BCUT2D eigenvalue weighted by Gasteiger charge is -2.48. The number of hydrogen-bond acceptors (Lipinski definition) is 6. The highest BCUT2D eigenvalue weighted by Crippen LogP contribution is 2.38. The first-order valence-electron chi connectivity index (χ1n) is 11.6. The number of pyridine rings is 1. The third-order valence-electron chi connectivity index (χ3n) is 7.13. The minimum atomic E-state index is 0.186. The van der Waals surface area contributed by atoms with Crippen molar-refractivity contribution < 1.29 is 4.52 Å². The Balaban J connectivity index is 1.28. The van der Waals surface area contributed by atoms with Gasteiger partial charge in [0.1, 0.15) is 0 Å². The standard InChI is InChI=1S/C23H33N5O2/c1-3-5-22-24-21(25-30-22)15-26(2)13-17-8-9-20-18-10-16(12-28(20)23(17)29)11-27(14-18)19-6-4-7-19/h8-9,16,18-19H,3-7,10-15H2,1-2H3/t16-,18+/m0/s1. The molecule has 2 atom stereocenters. The first-order chi connectivity index (χ1) is 14.6. The summed E-state index contributed by atoms with van der Waals surface area (Å²) in [5.41, 5.74) is 2.29. The maximum Gasteiger partial charge on any atom is 0.255 e. The molecule has 0 spiro atoms. The van der Waals surface area contributed by atoms with Gasteiger partial charge >= 0.3 is 0 Å². The topological polar surface area (TPSA) is 67.4 Å². The van der Waals surface area contributed by atoms with Crippen LogP contribution in [0.25, 0.3) is 0 Å². The van der Waals surface area contributed by atoms with Gasteiger partial charge in [-0.3, -0.25) is 14.6 Å². The summed E-state index contributed by atoms with van der Waals surface area (Å²) in [6.07, 6.45) is 7.13. The molecule has 0 aromatic carbocycles. The quantitative estimate of drug-likeness (QED) is 0.698. The molecule has 0 N–H and O–H groups in total. The van der Waals surface area contributed by atoms with Crippen molar-refractivity contribution in [2.45, 2.75) is 77.0 Å². The largest absolute Gasteiger partial charge is 0.339 e. The molecule has 1 saturated carbocycles. The zero-order valence-corrected chi connectivity index (χ0v) is 18.2. The zero-order chi connectivity index (χ0) is 20.7.